The van der Waals surface area contributed by atoms with Crippen LogP contribution in [0.3, 0.4) is 0 Å². The van der Waals surface area contributed by atoms with E-state index in [9.17, 15) is 9.46 Å². The standard InChI is InChI=1S/C24H28BFN10O9P2S/c1-39-18-17-12(43-24(18)36-21-13-10(34-36)3-2-4-28-20(13)30-8-31-21)6-41-47(38,48)45-16-11(5-40-46(25,37)44-17)42-23(14(16)26)35-9-33-15-19(27)29-7-32-22(15)35/h7-9,11-12,14,16-18,23-24H,2-6H2,1H3,(H,38,48)(H2,27,29,32)(H,28,30,31)/t11-,12-,14?,16?,17?,18?,23-,24-,46?,47?/m1/s1. The summed E-state index contributed by atoms with van der Waals surface area (Å²) in [6.07, 6.45) is -5.15. The number of nitrogens with one attached hydrogen (secondary N) is 1. The number of hydrogen-bond donors (Lipinski definition) is 3. The van der Waals surface area contributed by atoms with E-state index in [1.54, 1.807) is 0 Å². The zero-order valence-corrected chi connectivity index (χ0v) is 27.6. The molecule has 4 aromatic rings. The molecular weight excluding hydrogens is 696 g/mol. The summed E-state index contributed by atoms with van der Waals surface area (Å²) in [7, 11) is 3.05. The number of ether oxygens (including phenoxy) is 3. The number of nitrogen functional groups attached to an aromatic ring is 1. The van der Waals surface area contributed by atoms with E-state index in [2.05, 4.69) is 30.2 Å². The third-order valence-electron chi connectivity index (χ3n) is 8.52. The van der Waals surface area contributed by atoms with Gasteiger partial charge in [0.05, 0.1) is 30.6 Å². The van der Waals surface area contributed by atoms with E-state index in [0.29, 0.717) is 17.9 Å². The summed E-state index contributed by atoms with van der Waals surface area (Å²) in [4.78, 5) is 32.1. The van der Waals surface area contributed by atoms with E-state index in [1.807, 2.05) is 0 Å². The first-order valence-corrected chi connectivity index (χ1v) is 19.0. The fourth-order valence-electron chi connectivity index (χ4n) is 6.37. The molecule has 0 aromatic carbocycles. The molecule has 24 heteroatoms. The van der Waals surface area contributed by atoms with Gasteiger partial charge >= 0.3 is 6.72 Å². The molecule has 4 aromatic heterocycles. The maximum absolute atomic E-state index is 16.1. The fraction of sp³-hybridized carbons (Fsp3) is 0.583. The van der Waals surface area contributed by atoms with Crippen molar-refractivity contribution < 1.29 is 46.2 Å². The minimum Gasteiger partial charge on any atom is -0.382 e. The first kappa shape index (κ1) is 32.5. The molecule has 3 saturated heterocycles. The summed E-state index contributed by atoms with van der Waals surface area (Å²) in [6.45, 7) is -4.51. The molecule has 8 heterocycles. The number of halogens is 1. The van der Waals surface area contributed by atoms with Crippen molar-refractivity contribution in [3.8, 4) is 0 Å². The minimum absolute atomic E-state index is 0.0773. The molecule has 0 aliphatic carbocycles. The predicted molar refractivity (Wildman–Crippen MR) is 167 cm³/mol. The van der Waals surface area contributed by atoms with Gasteiger partial charge in [-0.05, 0) is 24.6 Å². The molecule has 0 saturated carbocycles. The van der Waals surface area contributed by atoms with Crippen LogP contribution in [0.4, 0.5) is 16.0 Å². The minimum atomic E-state index is -4.43. The lowest BCUT2D eigenvalue weighted by Gasteiger charge is -2.30. The summed E-state index contributed by atoms with van der Waals surface area (Å²) in [5, 5.41) is 8.78. The lowest BCUT2D eigenvalue weighted by Crippen LogP contribution is -2.39. The zero-order valence-electron chi connectivity index (χ0n) is 25.0. The van der Waals surface area contributed by atoms with Crippen molar-refractivity contribution in [2.24, 2.45) is 0 Å². The lowest BCUT2D eigenvalue weighted by atomic mass is 10.1. The number of rotatable bonds is 3. The van der Waals surface area contributed by atoms with Gasteiger partial charge in [-0.2, -0.15) is 5.10 Å². The summed E-state index contributed by atoms with van der Waals surface area (Å²) in [5.41, 5.74) is 7.50. The van der Waals surface area contributed by atoms with Crippen LogP contribution in [0.2, 0.25) is 0 Å². The van der Waals surface area contributed by atoms with Gasteiger partial charge in [0.1, 0.15) is 54.5 Å². The highest BCUT2D eigenvalue weighted by atomic mass is 32.5. The Balaban J connectivity index is 1.09. The smallest absolute Gasteiger partial charge is 0.325 e. The van der Waals surface area contributed by atoms with Crippen molar-refractivity contribution in [3.63, 3.8) is 0 Å². The van der Waals surface area contributed by atoms with Crippen molar-refractivity contribution in [3.05, 3.63) is 24.7 Å². The first-order valence-electron chi connectivity index (χ1n) is 14.8. The Bertz CT molecular complexity index is 1980. The molecule has 2 radical (unpaired) electrons. The number of aryl methyl sites for hydroxylation is 1. The van der Waals surface area contributed by atoms with Crippen molar-refractivity contribution in [1.29, 1.82) is 0 Å². The van der Waals surface area contributed by atoms with Crippen LogP contribution in [0.1, 0.15) is 24.6 Å². The highest BCUT2D eigenvalue weighted by Crippen LogP contribution is 2.54. The molecule has 48 heavy (non-hydrogen) atoms. The van der Waals surface area contributed by atoms with E-state index in [0.717, 1.165) is 24.0 Å². The van der Waals surface area contributed by atoms with Gasteiger partial charge in [-0.15, -0.1) is 0 Å². The fourth-order valence-corrected chi connectivity index (χ4v) is 8.82. The Kier molecular flexibility index (Phi) is 8.28. The second kappa shape index (κ2) is 12.2. The summed E-state index contributed by atoms with van der Waals surface area (Å²) < 4.78 is 73.4. The number of anilines is 2. The SMILES string of the molecule is [B]P1(=O)OC[C@H]2O[C@@H](n3cnc4c(N)ncnc43)C(F)C2OP(O)(=S)OC[C@H]2O[C@@H](n3nc4c5c(ncnc53)NCCC4)C(OC)C2O1. The van der Waals surface area contributed by atoms with Gasteiger partial charge in [0.15, 0.2) is 35.7 Å². The van der Waals surface area contributed by atoms with E-state index in [1.165, 1.54) is 35.3 Å². The average molecular weight is 724 g/mol. The zero-order chi connectivity index (χ0) is 33.4. The molecule has 254 valence electrons. The van der Waals surface area contributed by atoms with Crippen LogP contribution in [-0.2, 0) is 55.1 Å². The predicted octanol–water partition coefficient (Wildman–Crippen LogP) is 1.06. The Morgan fingerprint density at radius 3 is 2.67 bits per heavy atom. The number of methoxy groups -OCH3 is 1. The van der Waals surface area contributed by atoms with Crippen molar-refractivity contribution in [2.45, 2.75) is 62.0 Å². The Hall–Kier alpha value is -2.75. The van der Waals surface area contributed by atoms with Gasteiger partial charge in [-0.25, -0.2) is 34.0 Å². The molecule has 4 N–H and O–H groups in total. The number of nitrogens with zero attached hydrogens (tertiary/aromatic N) is 8. The van der Waals surface area contributed by atoms with Crippen LogP contribution in [-0.4, -0.2) is 115 Å². The van der Waals surface area contributed by atoms with Gasteiger partial charge in [-0.3, -0.25) is 13.7 Å². The van der Waals surface area contributed by atoms with E-state index in [-0.39, 0.29) is 17.0 Å². The van der Waals surface area contributed by atoms with Crippen molar-refractivity contribution in [2.75, 3.05) is 37.9 Å². The molecule has 4 aliphatic heterocycles. The lowest BCUT2D eigenvalue weighted by molar-refractivity contribution is -0.0652. The molecular formula is C24H28BFN10O9P2S. The molecule has 10 atom stereocenters. The second-order valence-corrected chi connectivity index (χ2v) is 15.8. The van der Waals surface area contributed by atoms with Crippen LogP contribution < -0.4 is 11.1 Å². The van der Waals surface area contributed by atoms with E-state index < -0.39 is 76.6 Å². The Morgan fingerprint density at radius 1 is 1.08 bits per heavy atom. The van der Waals surface area contributed by atoms with Crippen LogP contribution in [0, 0.1) is 0 Å². The van der Waals surface area contributed by atoms with Crippen LogP contribution in [0.5, 0.6) is 0 Å². The van der Waals surface area contributed by atoms with Gasteiger partial charge in [0, 0.05) is 13.7 Å². The number of alkyl halides is 1. The topological polar surface area (TPSA) is 227 Å². The molecule has 0 amide bonds. The monoisotopic (exact) mass is 724 g/mol. The molecule has 19 nitrogen and oxygen atoms in total. The Labute approximate surface area is 277 Å². The average Bonchev–Trinajstić information content (AvgIpc) is 3.77. The molecule has 8 rings (SSSR count). The van der Waals surface area contributed by atoms with Crippen LogP contribution in [0.15, 0.2) is 19.0 Å². The molecule has 0 spiro atoms. The van der Waals surface area contributed by atoms with Crippen molar-refractivity contribution >= 4 is 67.4 Å². The Morgan fingerprint density at radius 2 is 1.83 bits per heavy atom. The largest absolute Gasteiger partial charge is 0.382 e. The number of imidazole rings is 1. The number of hydrogen-bond acceptors (Lipinski definition) is 17. The van der Waals surface area contributed by atoms with E-state index >= 15 is 4.39 Å². The van der Waals surface area contributed by atoms with Gasteiger partial charge in [0.2, 0.25) is 7.57 Å². The first-order chi connectivity index (χ1) is 23.0. The van der Waals surface area contributed by atoms with E-state index in [4.69, 9.17) is 62.5 Å². The van der Waals surface area contributed by atoms with Crippen LogP contribution in [0.25, 0.3) is 22.2 Å². The third kappa shape index (κ3) is 5.62. The highest BCUT2D eigenvalue weighted by molar-refractivity contribution is 8.07. The molecule has 0 bridgehead atoms. The van der Waals surface area contributed by atoms with Gasteiger partial charge in [-0.1, -0.05) is 0 Å². The van der Waals surface area contributed by atoms with Crippen LogP contribution >= 0.6 is 14.2 Å². The summed E-state index contributed by atoms with van der Waals surface area (Å²) in [6, 6.07) is 0. The number of aromatic nitrogens is 8. The normalized spacial score (nSPS) is 37.3. The van der Waals surface area contributed by atoms with Gasteiger partial charge in [0.25, 0.3) is 7.47 Å². The summed E-state index contributed by atoms with van der Waals surface area (Å²) >= 11 is 5.29. The van der Waals surface area contributed by atoms with Crippen molar-refractivity contribution in [1.82, 2.24) is 39.3 Å². The van der Waals surface area contributed by atoms with Gasteiger partial charge < -0.3 is 43.7 Å². The molecule has 6 unspecified atom stereocenters. The molecule has 3 fully saturated rings. The maximum atomic E-state index is 16.1. The quantitative estimate of drug-likeness (QED) is 0.198. The second-order valence-electron chi connectivity index (χ2n) is 11.4. The number of fused-ring (bicyclic) bond motifs is 3. The molecule has 4 aliphatic rings. The summed E-state index contributed by atoms with van der Waals surface area (Å²) in [5.74, 6) is 0.711. The third-order valence-corrected chi connectivity index (χ3v) is 11.1. The maximum Gasteiger partial charge on any atom is 0.325 e. The highest BCUT2D eigenvalue weighted by Gasteiger charge is 2.54. The number of nitrogens with two attached hydrogens (primary N) is 1.